The summed E-state index contributed by atoms with van der Waals surface area (Å²) in [5, 5.41) is 7.58. The zero-order valence-corrected chi connectivity index (χ0v) is 8.78. The number of hydrogen-bond donors (Lipinski definition) is 3. The third-order valence-electron chi connectivity index (χ3n) is 1.77. The van der Waals surface area contributed by atoms with Gasteiger partial charge in [-0.1, -0.05) is 11.3 Å². The van der Waals surface area contributed by atoms with Crippen LogP contribution in [-0.2, 0) is 0 Å². The molecule has 0 atom stereocenters. The molecule has 0 amide bonds. The maximum absolute atomic E-state index is 5.68. The highest BCUT2D eigenvalue weighted by atomic mass is 32.1. The summed E-state index contributed by atoms with van der Waals surface area (Å²) in [6.07, 6.45) is 0. The molecule has 0 fully saturated rings. The second kappa shape index (κ2) is 3.39. The molecule has 2 rings (SSSR count). The molecule has 0 saturated heterocycles. The molecule has 0 bridgehead atoms. The van der Waals surface area contributed by atoms with Gasteiger partial charge in [0.05, 0.1) is 11.4 Å². The van der Waals surface area contributed by atoms with Crippen LogP contribution in [-0.4, -0.2) is 10.2 Å². The number of nitrogen functional groups attached to an aromatic ring is 2. The Hall–Kier alpha value is -1.40. The SMILES string of the molecule is Nc1ccc(-c2n[nH]c(=S)s2)cc1N. The Morgan fingerprint density at radius 1 is 1.29 bits per heavy atom. The third-order valence-corrected chi connectivity index (χ3v) is 2.91. The predicted molar refractivity (Wildman–Crippen MR) is 61.6 cm³/mol. The number of hydrogen-bond acceptors (Lipinski definition) is 5. The molecule has 6 heteroatoms. The Labute approximate surface area is 89.6 Å². The van der Waals surface area contributed by atoms with Crippen molar-refractivity contribution in [2.45, 2.75) is 0 Å². The van der Waals surface area contributed by atoms with E-state index in [1.165, 1.54) is 11.3 Å². The highest BCUT2D eigenvalue weighted by molar-refractivity contribution is 7.73. The van der Waals surface area contributed by atoms with Crippen LogP contribution in [0.5, 0.6) is 0 Å². The van der Waals surface area contributed by atoms with Gasteiger partial charge in [-0.15, -0.1) is 0 Å². The van der Waals surface area contributed by atoms with Crippen LogP contribution in [0.25, 0.3) is 10.6 Å². The molecule has 5 N–H and O–H groups in total. The van der Waals surface area contributed by atoms with Crippen LogP contribution < -0.4 is 11.5 Å². The van der Waals surface area contributed by atoms with Gasteiger partial charge in [-0.05, 0) is 30.4 Å². The Kier molecular flexibility index (Phi) is 2.22. The van der Waals surface area contributed by atoms with E-state index in [0.717, 1.165) is 10.6 Å². The van der Waals surface area contributed by atoms with E-state index in [9.17, 15) is 0 Å². The van der Waals surface area contributed by atoms with Gasteiger partial charge in [-0.3, -0.25) is 5.10 Å². The summed E-state index contributed by atoms with van der Waals surface area (Å²) < 4.78 is 0.649. The van der Waals surface area contributed by atoms with E-state index in [2.05, 4.69) is 10.2 Å². The number of anilines is 2. The highest BCUT2D eigenvalue weighted by Gasteiger charge is 2.03. The lowest BCUT2D eigenvalue weighted by atomic mass is 10.2. The van der Waals surface area contributed by atoms with Crippen LogP contribution in [0.1, 0.15) is 0 Å². The van der Waals surface area contributed by atoms with Crippen molar-refractivity contribution in [1.82, 2.24) is 10.2 Å². The van der Waals surface area contributed by atoms with Crippen molar-refractivity contribution in [1.29, 1.82) is 0 Å². The van der Waals surface area contributed by atoms with Crippen LogP contribution in [0.15, 0.2) is 18.2 Å². The summed E-state index contributed by atoms with van der Waals surface area (Å²) in [6.45, 7) is 0. The van der Waals surface area contributed by atoms with E-state index in [1.54, 1.807) is 12.1 Å². The van der Waals surface area contributed by atoms with Crippen molar-refractivity contribution in [3.8, 4) is 10.6 Å². The molecule has 1 aromatic heterocycles. The van der Waals surface area contributed by atoms with Gasteiger partial charge in [0, 0.05) is 5.56 Å². The largest absolute Gasteiger partial charge is 0.397 e. The van der Waals surface area contributed by atoms with Gasteiger partial charge >= 0.3 is 0 Å². The van der Waals surface area contributed by atoms with Crippen molar-refractivity contribution >= 4 is 34.9 Å². The zero-order chi connectivity index (χ0) is 10.1. The molecule has 1 aromatic carbocycles. The number of H-pyrrole nitrogens is 1. The van der Waals surface area contributed by atoms with E-state index in [0.29, 0.717) is 15.3 Å². The lowest BCUT2D eigenvalue weighted by Crippen LogP contribution is -1.94. The second-order valence-electron chi connectivity index (χ2n) is 2.76. The minimum Gasteiger partial charge on any atom is -0.397 e. The van der Waals surface area contributed by atoms with Crippen molar-refractivity contribution in [2.24, 2.45) is 0 Å². The van der Waals surface area contributed by atoms with E-state index in [1.807, 2.05) is 6.07 Å². The van der Waals surface area contributed by atoms with E-state index < -0.39 is 0 Å². The summed E-state index contributed by atoms with van der Waals surface area (Å²) in [5.41, 5.74) is 13.3. The maximum Gasteiger partial charge on any atom is 0.176 e. The molecule has 0 radical (unpaired) electrons. The number of rotatable bonds is 1. The van der Waals surface area contributed by atoms with Crippen molar-refractivity contribution < 1.29 is 0 Å². The predicted octanol–water partition coefficient (Wildman–Crippen LogP) is 2.03. The minimum atomic E-state index is 0.559. The van der Waals surface area contributed by atoms with Crippen molar-refractivity contribution in [3.05, 3.63) is 22.2 Å². The molecule has 14 heavy (non-hydrogen) atoms. The zero-order valence-electron chi connectivity index (χ0n) is 7.15. The van der Waals surface area contributed by atoms with Gasteiger partial charge < -0.3 is 11.5 Å². The number of nitrogens with one attached hydrogen (secondary N) is 1. The van der Waals surface area contributed by atoms with Gasteiger partial charge in [-0.25, -0.2) is 0 Å². The topological polar surface area (TPSA) is 80.7 Å². The molecule has 0 aliphatic rings. The van der Waals surface area contributed by atoms with Crippen molar-refractivity contribution in [2.75, 3.05) is 11.5 Å². The van der Waals surface area contributed by atoms with E-state index in [-0.39, 0.29) is 0 Å². The first-order chi connectivity index (χ1) is 6.66. The number of benzene rings is 1. The quantitative estimate of drug-likeness (QED) is 0.511. The first kappa shape index (κ1) is 9.17. The Morgan fingerprint density at radius 2 is 2.07 bits per heavy atom. The van der Waals surface area contributed by atoms with Gasteiger partial charge in [0.2, 0.25) is 0 Å². The lowest BCUT2D eigenvalue weighted by molar-refractivity contribution is 1.08. The van der Waals surface area contributed by atoms with Crippen LogP contribution in [0, 0.1) is 3.95 Å². The number of aromatic nitrogens is 2. The van der Waals surface area contributed by atoms with E-state index in [4.69, 9.17) is 23.7 Å². The maximum atomic E-state index is 5.68. The highest BCUT2D eigenvalue weighted by Crippen LogP contribution is 2.26. The van der Waals surface area contributed by atoms with Crippen LogP contribution in [0.2, 0.25) is 0 Å². The molecule has 2 aromatic rings. The van der Waals surface area contributed by atoms with Gasteiger partial charge in [0.25, 0.3) is 0 Å². The van der Waals surface area contributed by atoms with Crippen LogP contribution >= 0.6 is 23.6 Å². The second-order valence-corrected chi connectivity index (χ2v) is 4.43. The Balaban J connectivity index is 2.52. The smallest absolute Gasteiger partial charge is 0.176 e. The molecular weight excluding hydrogens is 216 g/mol. The average molecular weight is 224 g/mol. The molecule has 0 aliphatic carbocycles. The first-order valence-electron chi connectivity index (χ1n) is 3.87. The number of nitrogens with two attached hydrogens (primary N) is 2. The van der Waals surface area contributed by atoms with Crippen LogP contribution in [0.3, 0.4) is 0 Å². The summed E-state index contributed by atoms with van der Waals surface area (Å²) >= 11 is 6.34. The molecule has 72 valence electrons. The normalized spacial score (nSPS) is 10.3. The minimum absolute atomic E-state index is 0.559. The van der Waals surface area contributed by atoms with Gasteiger partial charge in [0.15, 0.2) is 3.95 Å². The number of nitrogens with zero attached hydrogens (tertiary/aromatic N) is 1. The lowest BCUT2D eigenvalue weighted by Gasteiger charge is -2.00. The fourth-order valence-corrected chi connectivity index (χ4v) is 1.95. The molecule has 0 unspecified atom stereocenters. The molecular formula is C8H8N4S2. The number of aromatic amines is 1. The standard InChI is InChI=1S/C8H8N4S2/c9-5-2-1-4(3-6(5)10)7-11-12-8(13)14-7/h1-3H,9-10H2,(H,12,13). The molecule has 1 heterocycles. The molecule has 0 spiro atoms. The summed E-state index contributed by atoms with van der Waals surface area (Å²) in [6, 6.07) is 5.42. The van der Waals surface area contributed by atoms with Gasteiger partial charge in [0.1, 0.15) is 5.01 Å². The Morgan fingerprint density at radius 3 is 2.64 bits per heavy atom. The average Bonchev–Trinajstić information content (AvgIpc) is 2.57. The first-order valence-corrected chi connectivity index (χ1v) is 5.10. The molecule has 4 nitrogen and oxygen atoms in total. The Bertz CT molecular complexity index is 514. The molecule has 0 aliphatic heterocycles. The monoisotopic (exact) mass is 224 g/mol. The van der Waals surface area contributed by atoms with Gasteiger partial charge in [-0.2, -0.15) is 5.10 Å². The fraction of sp³-hybridized carbons (Fsp3) is 0. The van der Waals surface area contributed by atoms with E-state index >= 15 is 0 Å². The fourth-order valence-electron chi connectivity index (χ4n) is 1.06. The summed E-state index contributed by atoms with van der Waals surface area (Å²) in [4.78, 5) is 0. The summed E-state index contributed by atoms with van der Waals surface area (Å²) in [7, 11) is 0. The van der Waals surface area contributed by atoms with Crippen molar-refractivity contribution in [3.63, 3.8) is 0 Å². The third kappa shape index (κ3) is 1.61. The molecule has 0 saturated carbocycles. The van der Waals surface area contributed by atoms with Crippen LogP contribution in [0.4, 0.5) is 11.4 Å². The summed E-state index contributed by atoms with van der Waals surface area (Å²) in [5.74, 6) is 0.